The number of urea groups is 1. The number of benzene rings is 1. The number of hydrogen-bond acceptors (Lipinski definition) is 2. The van der Waals surface area contributed by atoms with Crippen molar-refractivity contribution in [3.05, 3.63) is 34.3 Å². The van der Waals surface area contributed by atoms with Gasteiger partial charge in [0.2, 0.25) is 0 Å². The highest BCUT2D eigenvalue weighted by Crippen LogP contribution is 2.11. The minimum absolute atomic E-state index is 0.537. The fraction of sp³-hybridized carbons (Fsp3) is 0.111. The summed E-state index contributed by atoms with van der Waals surface area (Å²) < 4.78 is 0.989. The van der Waals surface area contributed by atoms with Crippen LogP contribution in [0.2, 0.25) is 0 Å². The quantitative estimate of drug-likeness (QED) is 0.496. The van der Waals surface area contributed by atoms with E-state index in [4.69, 9.17) is 5.73 Å². The monoisotopic (exact) mass is 333 g/mol. The van der Waals surface area contributed by atoms with Crippen molar-refractivity contribution in [1.29, 1.82) is 0 Å². The van der Waals surface area contributed by atoms with Crippen LogP contribution in [0.15, 0.2) is 33.8 Å². The zero-order chi connectivity index (χ0) is 11.3. The largest absolute Gasteiger partial charge is 0.350 e. The van der Waals surface area contributed by atoms with Crippen LogP contribution in [0.4, 0.5) is 4.79 Å². The molecule has 0 saturated carbocycles. The third-order valence-electron chi connectivity index (χ3n) is 1.61. The molecule has 15 heavy (non-hydrogen) atoms. The van der Waals surface area contributed by atoms with E-state index in [0.717, 1.165) is 10.0 Å². The van der Waals surface area contributed by atoms with Crippen LogP contribution in [0.1, 0.15) is 5.56 Å². The van der Waals surface area contributed by atoms with Gasteiger partial charge in [0.25, 0.3) is 0 Å². The van der Waals surface area contributed by atoms with Crippen LogP contribution in [0.25, 0.3) is 0 Å². The maximum atomic E-state index is 10.5. The third kappa shape index (κ3) is 4.01. The molecule has 0 fully saturated rings. The maximum absolute atomic E-state index is 10.5. The number of alkyl halides is 1. The Morgan fingerprint density at radius 1 is 1.40 bits per heavy atom. The van der Waals surface area contributed by atoms with Crippen LogP contribution in [-0.2, 0) is 0 Å². The average molecular weight is 335 g/mol. The topological polar surface area (TPSA) is 67.5 Å². The number of hydrogen-bond donors (Lipinski definition) is 2. The van der Waals surface area contributed by atoms with E-state index in [2.05, 4.69) is 42.4 Å². The van der Waals surface area contributed by atoms with Crippen LogP contribution < -0.4 is 11.2 Å². The third-order valence-corrected chi connectivity index (χ3v) is 2.66. The molecule has 0 saturated heterocycles. The van der Waals surface area contributed by atoms with Crippen molar-refractivity contribution in [1.82, 2.24) is 5.43 Å². The summed E-state index contributed by atoms with van der Waals surface area (Å²) in [5, 5.41) is 4.41. The Balaban J connectivity index is 2.87. The van der Waals surface area contributed by atoms with Crippen LogP contribution in [-0.4, -0.2) is 17.1 Å². The number of nitrogens with zero attached hydrogens (tertiary/aromatic N) is 1. The van der Waals surface area contributed by atoms with Gasteiger partial charge in [0.1, 0.15) is 0 Å². The summed E-state index contributed by atoms with van der Waals surface area (Å²) in [6, 6.07) is 6.92. The van der Waals surface area contributed by atoms with Crippen LogP contribution in [0.5, 0.6) is 0 Å². The molecule has 0 aliphatic rings. The first-order valence-corrected chi connectivity index (χ1v) is 5.99. The molecular weight excluding hydrogens is 326 g/mol. The lowest BCUT2D eigenvalue weighted by Crippen LogP contribution is -2.26. The van der Waals surface area contributed by atoms with Gasteiger partial charge in [-0.2, -0.15) is 5.10 Å². The van der Waals surface area contributed by atoms with Gasteiger partial charge in [-0.1, -0.05) is 44.0 Å². The van der Waals surface area contributed by atoms with Gasteiger partial charge in [-0.3, -0.25) is 0 Å². The van der Waals surface area contributed by atoms with Crippen molar-refractivity contribution in [3.63, 3.8) is 0 Å². The lowest BCUT2D eigenvalue weighted by molar-refractivity contribution is 0.249. The van der Waals surface area contributed by atoms with Crippen molar-refractivity contribution in [2.24, 2.45) is 10.8 Å². The number of carbonyl (C=O) groups excluding carboxylic acids is 1. The minimum Gasteiger partial charge on any atom is -0.350 e. The molecule has 0 atom stereocenters. The molecule has 0 unspecified atom stereocenters. The van der Waals surface area contributed by atoms with E-state index >= 15 is 0 Å². The van der Waals surface area contributed by atoms with Gasteiger partial charge in [-0.05, 0) is 17.7 Å². The lowest BCUT2D eigenvalue weighted by Gasteiger charge is -2.03. The van der Waals surface area contributed by atoms with Crippen LogP contribution in [0, 0.1) is 0 Å². The second-order valence-corrected chi connectivity index (χ2v) is 4.15. The van der Waals surface area contributed by atoms with Crippen LogP contribution >= 0.6 is 31.9 Å². The Hall–Kier alpha value is -0.880. The lowest BCUT2D eigenvalue weighted by atomic mass is 10.1. The normalized spacial score (nSPS) is 11.2. The molecule has 0 aromatic heterocycles. The van der Waals surface area contributed by atoms with E-state index in [1.165, 1.54) is 0 Å². The van der Waals surface area contributed by atoms with E-state index in [9.17, 15) is 4.79 Å². The van der Waals surface area contributed by atoms with E-state index in [1.54, 1.807) is 0 Å². The number of hydrazone groups is 1. The second-order valence-electron chi connectivity index (χ2n) is 2.68. The highest BCUT2D eigenvalue weighted by atomic mass is 79.9. The molecule has 0 spiro atoms. The molecular formula is C9H9Br2N3O. The summed E-state index contributed by atoms with van der Waals surface area (Å²) >= 11 is 6.62. The molecule has 2 amide bonds. The first kappa shape index (κ1) is 12.2. The molecule has 4 nitrogen and oxygen atoms in total. The molecule has 1 aromatic carbocycles. The van der Waals surface area contributed by atoms with Crippen molar-refractivity contribution >= 4 is 43.6 Å². The summed E-state index contributed by atoms with van der Waals surface area (Å²) in [6.07, 6.45) is 0. The number of halogens is 2. The maximum Gasteiger partial charge on any atom is 0.332 e. The number of amides is 2. The summed E-state index contributed by atoms with van der Waals surface area (Å²) in [5.74, 6) is 0. The Morgan fingerprint density at radius 3 is 2.47 bits per heavy atom. The second kappa shape index (κ2) is 5.87. The Labute approximate surface area is 104 Å². The predicted octanol–water partition coefficient (Wildman–Crippen LogP) is 2.22. The molecule has 0 heterocycles. The van der Waals surface area contributed by atoms with Gasteiger partial charge < -0.3 is 5.73 Å². The number of primary amides is 1. The highest BCUT2D eigenvalue weighted by molar-refractivity contribution is 9.10. The number of nitrogens with one attached hydrogen (secondary N) is 1. The minimum atomic E-state index is -0.675. The molecule has 1 aromatic rings. The molecule has 0 aliphatic heterocycles. The van der Waals surface area contributed by atoms with Crippen molar-refractivity contribution in [3.8, 4) is 0 Å². The molecule has 3 N–H and O–H groups in total. The molecule has 0 radical (unpaired) electrons. The van der Waals surface area contributed by atoms with E-state index < -0.39 is 6.03 Å². The van der Waals surface area contributed by atoms with Crippen LogP contribution in [0.3, 0.4) is 0 Å². The number of carbonyl (C=O) groups is 1. The van der Waals surface area contributed by atoms with Crippen molar-refractivity contribution in [2.45, 2.75) is 0 Å². The fourth-order valence-electron chi connectivity index (χ4n) is 0.936. The predicted molar refractivity (Wildman–Crippen MR) is 67.2 cm³/mol. The Kier molecular flexibility index (Phi) is 4.77. The fourth-order valence-corrected chi connectivity index (χ4v) is 1.65. The van der Waals surface area contributed by atoms with E-state index in [1.807, 2.05) is 24.3 Å². The Bertz CT molecular complexity index is 375. The number of nitrogens with two attached hydrogens (primary N) is 1. The summed E-state index contributed by atoms with van der Waals surface area (Å²) in [7, 11) is 0. The standard InChI is InChI=1S/C9H9Br2N3O/c10-5-8(13-14-9(12)15)6-1-3-7(11)4-2-6/h1-4H,5H2,(H3,12,14,15)/b13-8+. The SMILES string of the molecule is NC(=O)N/N=C(\CBr)c1ccc(Br)cc1. The highest BCUT2D eigenvalue weighted by Gasteiger charge is 2.02. The van der Waals surface area contributed by atoms with Gasteiger partial charge in [0.15, 0.2) is 0 Å². The molecule has 6 heteroatoms. The van der Waals surface area contributed by atoms with E-state index in [-0.39, 0.29) is 0 Å². The Morgan fingerprint density at radius 2 is 2.00 bits per heavy atom. The smallest absolute Gasteiger partial charge is 0.332 e. The van der Waals surface area contributed by atoms with Gasteiger partial charge >= 0.3 is 6.03 Å². The van der Waals surface area contributed by atoms with Gasteiger partial charge in [0.05, 0.1) is 5.71 Å². The average Bonchev–Trinajstić information content (AvgIpc) is 2.21. The van der Waals surface area contributed by atoms with Crippen molar-refractivity contribution < 1.29 is 4.79 Å². The number of rotatable bonds is 3. The zero-order valence-corrected chi connectivity index (χ0v) is 10.9. The molecule has 0 aliphatic carbocycles. The zero-order valence-electron chi connectivity index (χ0n) is 7.71. The summed E-state index contributed by atoms with van der Waals surface area (Å²) in [4.78, 5) is 10.5. The molecule has 80 valence electrons. The summed E-state index contributed by atoms with van der Waals surface area (Å²) in [5.41, 5.74) is 8.74. The van der Waals surface area contributed by atoms with Gasteiger partial charge in [0, 0.05) is 9.80 Å². The first-order valence-electron chi connectivity index (χ1n) is 4.07. The molecule has 1 rings (SSSR count). The van der Waals surface area contributed by atoms with Crippen molar-refractivity contribution in [2.75, 3.05) is 5.33 Å². The van der Waals surface area contributed by atoms with E-state index in [0.29, 0.717) is 11.0 Å². The molecule has 0 bridgehead atoms. The summed E-state index contributed by atoms with van der Waals surface area (Å²) in [6.45, 7) is 0. The first-order chi connectivity index (χ1) is 7.13. The van der Waals surface area contributed by atoms with Gasteiger partial charge in [-0.15, -0.1) is 0 Å². The van der Waals surface area contributed by atoms with Gasteiger partial charge in [-0.25, -0.2) is 10.2 Å².